The van der Waals surface area contributed by atoms with Crippen molar-refractivity contribution in [2.24, 2.45) is 0 Å². The molecule has 0 aliphatic rings. The van der Waals surface area contributed by atoms with Gasteiger partial charge in [0.1, 0.15) is 0 Å². The van der Waals surface area contributed by atoms with Gasteiger partial charge in [0.2, 0.25) is 0 Å². The van der Waals surface area contributed by atoms with E-state index in [0.29, 0.717) is 18.0 Å². The van der Waals surface area contributed by atoms with Gasteiger partial charge in [-0.15, -0.1) is 0 Å². The van der Waals surface area contributed by atoms with Crippen LogP contribution in [-0.4, -0.2) is 25.8 Å². The van der Waals surface area contributed by atoms with Crippen molar-refractivity contribution in [1.29, 1.82) is 0 Å². The highest BCUT2D eigenvalue weighted by Gasteiger charge is 2.14. The summed E-state index contributed by atoms with van der Waals surface area (Å²) >= 11 is 0. The molecule has 0 aliphatic carbocycles. The van der Waals surface area contributed by atoms with Crippen LogP contribution >= 0.6 is 0 Å². The molecular weight excluding hydrogens is 362 g/mol. The van der Waals surface area contributed by atoms with Gasteiger partial charge in [-0.3, -0.25) is 0 Å². The van der Waals surface area contributed by atoms with Crippen LogP contribution in [0, 0.1) is 0 Å². The van der Waals surface area contributed by atoms with Crippen molar-refractivity contribution < 1.29 is 9.90 Å². The van der Waals surface area contributed by atoms with Crippen LogP contribution in [0.5, 0.6) is 0 Å². The zero-order valence-corrected chi connectivity index (χ0v) is 17.2. The van der Waals surface area contributed by atoms with Crippen molar-refractivity contribution in [3.8, 4) is 11.1 Å². The van der Waals surface area contributed by atoms with Crippen molar-refractivity contribution >= 4 is 12.0 Å². The minimum Gasteiger partial charge on any atom is -0.478 e. The Kier molecular flexibility index (Phi) is 6.60. The van der Waals surface area contributed by atoms with E-state index in [2.05, 4.69) is 26.8 Å². The Morgan fingerprint density at radius 2 is 1.86 bits per heavy atom. The number of hydrogen-bond acceptors (Lipinski definition) is 3. The Bertz CT molecular complexity index is 1000. The number of allylic oxidation sites excluding steroid dienone is 1. The fourth-order valence-electron chi connectivity index (χ4n) is 3.11. The Hall–Kier alpha value is -3.21. The van der Waals surface area contributed by atoms with E-state index in [1.54, 1.807) is 12.1 Å². The predicted octanol–water partition coefficient (Wildman–Crippen LogP) is 5.63. The molecule has 1 N–H and O–H groups in total. The van der Waals surface area contributed by atoms with E-state index in [0.717, 1.165) is 41.2 Å². The summed E-state index contributed by atoms with van der Waals surface area (Å²) < 4.78 is 1.94. The molecule has 0 aliphatic heterocycles. The molecule has 29 heavy (non-hydrogen) atoms. The molecular formula is C24H27N3O2. The van der Waals surface area contributed by atoms with Crippen LogP contribution in [0.2, 0.25) is 0 Å². The minimum absolute atomic E-state index is 0.307. The molecule has 0 bridgehead atoms. The van der Waals surface area contributed by atoms with Gasteiger partial charge in [0, 0.05) is 5.92 Å². The average molecular weight is 389 g/mol. The minimum atomic E-state index is -0.919. The molecule has 5 nitrogen and oxygen atoms in total. The average Bonchev–Trinajstić information content (AvgIpc) is 3.14. The second kappa shape index (κ2) is 9.32. The highest BCUT2D eigenvalue weighted by molar-refractivity contribution is 5.95. The Morgan fingerprint density at radius 1 is 1.14 bits per heavy atom. The zero-order chi connectivity index (χ0) is 20.8. The van der Waals surface area contributed by atoms with Crippen LogP contribution < -0.4 is 0 Å². The molecule has 5 heteroatoms. The number of benzene rings is 2. The highest BCUT2D eigenvalue weighted by Crippen LogP contribution is 2.24. The van der Waals surface area contributed by atoms with E-state index in [4.69, 9.17) is 10.1 Å². The number of hydrogen-bond donors (Lipinski definition) is 1. The topological polar surface area (TPSA) is 68.0 Å². The number of carbonyl (C=O) groups is 1. The van der Waals surface area contributed by atoms with Crippen LogP contribution in [0.15, 0.2) is 54.6 Å². The summed E-state index contributed by atoms with van der Waals surface area (Å²) in [5, 5.41) is 14.1. The molecule has 0 saturated carbocycles. The molecule has 0 fully saturated rings. The highest BCUT2D eigenvalue weighted by atomic mass is 16.4. The van der Waals surface area contributed by atoms with Gasteiger partial charge in [-0.1, -0.05) is 69.3 Å². The first-order chi connectivity index (χ1) is 14.0. The van der Waals surface area contributed by atoms with Crippen molar-refractivity contribution in [3.63, 3.8) is 0 Å². The Balaban J connectivity index is 1.88. The molecule has 2 aromatic carbocycles. The smallest absolute Gasteiger partial charge is 0.336 e. The maximum atomic E-state index is 11.5. The standard InChI is InChI=1S/C24H27N3O2/c1-4-6-11-22-25-23(17(3)5-2)26-27(22)16-18-12-14-19(15-13-18)20-9-7-8-10-21(20)24(28)29/h6-15,17H,4-5,16H2,1-3H3,(H,28,29)/b11-6+. The summed E-state index contributed by atoms with van der Waals surface area (Å²) in [5.41, 5.74) is 3.00. The molecule has 150 valence electrons. The molecule has 1 heterocycles. The molecule has 0 amide bonds. The monoisotopic (exact) mass is 389 g/mol. The molecule has 0 saturated heterocycles. The van der Waals surface area contributed by atoms with E-state index in [1.165, 1.54) is 0 Å². The first kappa shape index (κ1) is 20.5. The number of nitrogens with zero attached hydrogens (tertiary/aromatic N) is 3. The third kappa shape index (κ3) is 4.80. The van der Waals surface area contributed by atoms with Crippen molar-refractivity contribution in [3.05, 3.63) is 77.4 Å². The molecule has 3 aromatic rings. The quantitative estimate of drug-likeness (QED) is 0.542. The number of carboxylic acid groups (broad SMARTS) is 1. The number of rotatable bonds is 8. The fraction of sp³-hybridized carbons (Fsp3) is 0.292. The van der Waals surface area contributed by atoms with Crippen LogP contribution in [0.25, 0.3) is 17.2 Å². The fourth-order valence-corrected chi connectivity index (χ4v) is 3.11. The van der Waals surface area contributed by atoms with E-state index in [1.807, 2.05) is 47.2 Å². The summed E-state index contributed by atoms with van der Waals surface area (Å²) in [4.78, 5) is 16.2. The van der Waals surface area contributed by atoms with Crippen LogP contribution in [0.4, 0.5) is 0 Å². The predicted molar refractivity (Wildman–Crippen MR) is 116 cm³/mol. The second-order valence-electron chi connectivity index (χ2n) is 7.15. The lowest BCUT2D eigenvalue weighted by atomic mass is 9.99. The zero-order valence-electron chi connectivity index (χ0n) is 17.2. The third-order valence-electron chi connectivity index (χ3n) is 5.03. The Morgan fingerprint density at radius 3 is 2.52 bits per heavy atom. The van der Waals surface area contributed by atoms with Gasteiger partial charge in [0.25, 0.3) is 0 Å². The van der Waals surface area contributed by atoms with Crippen molar-refractivity contribution in [2.45, 2.75) is 46.1 Å². The van der Waals surface area contributed by atoms with Crippen LogP contribution in [0.1, 0.15) is 67.1 Å². The summed E-state index contributed by atoms with van der Waals surface area (Å²) in [6.07, 6.45) is 6.06. The first-order valence-corrected chi connectivity index (χ1v) is 10.1. The van der Waals surface area contributed by atoms with Crippen LogP contribution in [-0.2, 0) is 6.54 Å². The van der Waals surface area contributed by atoms with Gasteiger partial charge in [0.15, 0.2) is 11.6 Å². The van der Waals surface area contributed by atoms with Crippen LogP contribution in [0.3, 0.4) is 0 Å². The molecule has 0 spiro atoms. The summed E-state index contributed by atoms with van der Waals surface area (Å²) in [6.45, 7) is 7.00. The van der Waals surface area contributed by atoms with E-state index in [-0.39, 0.29) is 0 Å². The van der Waals surface area contributed by atoms with E-state index >= 15 is 0 Å². The van der Waals surface area contributed by atoms with Gasteiger partial charge in [-0.05, 0) is 41.7 Å². The lowest BCUT2D eigenvalue weighted by molar-refractivity contribution is 0.0697. The van der Waals surface area contributed by atoms with Gasteiger partial charge in [-0.2, -0.15) is 5.10 Å². The largest absolute Gasteiger partial charge is 0.478 e. The first-order valence-electron chi connectivity index (χ1n) is 10.1. The van der Waals surface area contributed by atoms with Gasteiger partial charge < -0.3 is 5.11 Å². The van der Waals surface area contributed by atoms with Gasteiger partial charge in [-0.25, -0.2) is 14.5 Å². The maximum absolute atomic E-state index is 11.5. The lowest BCUT2D eigenvalue weighted by Crippen LogP contribution is -2.05. The maximum Gasteiger partial charge on any atom is 0.336 e. The molecule has 1 atom stereocenters. The second-order valence-corrected chi connectivity index (χ2v) is 7.15. The van der Waals surface area contributed by atoms with Crippen molar-refractivity contribution in [2.75, 3.05) is 0 Å². The number of aromatic carboxylic acids is 1. The molecule has 1 aromatic heterocycles. The Labute approximate surface area is 171 Å². The SMILES string of the molecule is CC/C=C/c1nc(C(C)CC)nn1Cc1ccc(-c2ccccc2C(=O)O)cc1. The van der Waals surface area contributed by atoms with Gasteiger partial charge >= 0.3 is 5.97 Å². The molecule has 3 rings (SSSR count). The molecule has 1 unspecified atom stereocenters. The third-order valence-corrected chi connectivity index (χ3v) is 5.03. The van der Waals surface area contributed by atoms with Gasteiger partial charge in [0.05, 0.1) is 12.1 Å². The summed E-state index contributed by atoms with van der Waals surface area (Å²) in [5.74, 6) is 1.13. The van der Waals surface area contributed by atoms with E-state index in [9.17, 15) is 9.90 Å². The normalized spacial score (nSPS) is 12.4. The van der Waals surface area contributed by atoms with Crippen molar-refractivity contribution in [1.82, 2.24) is 14.8 Å². The lowest BCUT2D eigenvalue weighted by Gasteiger charge is -2.08. The van der Waals surface area contributed by atoms with E-state index < -0.39 is 5.97 Å². The number of carboxylic acids is 1. The number of aromatic nitrogens is 3. The summed E-state index contributed by atoms with van der Waals surface area (Å²) in [7, 11) is 0. The molecule has 0 radical (unpaired) electrons. The summed E-state index contributed by atoms with van der Waals surface area (Å²) in [6, 6.07) is 15.0.